The molecule has 0 radical (unpaired) electrons. The van der Waals surface area contributed by atoms with Gasteiger partial charge in [-0.05, 0) is 48.1 Å². The summed E-state index contributed by atoms with van der Waals surface area (Å²) in [5, 5.41) is 25.3. The first-order chi connectivity index (χ1) is 22.9. The summed E-state index contributed by atoms with van der Waals surface area (Å²) in [5.41, 5.74) is 10.9. The first kappa shape index (κ1) is 34.5. The van der Waals surface area contributed by atoms with Crippen molar-refractivity contribution in [1.82, 2.24) is 10.2 Å². The Morgan fingerprint density at radius 1 is 0.851 bits per heavy atom. The number of para-hydroxylation sites is 2. The summed E-state index contributed by atoms with van der Waals surface area (Å²) in [5.74, 6) is -0.0421. The van der Waals surface area contributed by atoms with Gasteiger partial charge in [0.15, 0.2) is 6.29 Å². The normalized spacial score (nSPS) is 21.4. The lowest BCUT2D eigenvalue weighted by atomic mass is 9.99. The fraction of sp³-hybridized carbons (Fsp3) is 0.459. The maximum absolute atomic E-state index is 12.5. The van der Waals surface area contributed by atoms with E-state index in [0.29, 0.717) is 43.7 Å². The van der Waals surface area contributed by atoms with Crippen molar-refractivity contribution in [3.63, 3.8) is 0 Å². The number of unbranched alkanes of at least 4 members (excludes halogenated alkanes) is 3. The monoisotopic (exact) mass is 644 g/mol. The molecule has 0 aromatic heterocycles. The molecule has 2 fully saturated rings. The molecular weight excluding hydrogens is 596 g/mol. The molecule has 6 N–H and O–H groups in total. The highest BCUT2D eigenvalue weighted by Gasteiger charge is 2.34. The van der Waals surface area contributed by atoms with E-state index in [2.05, 4.69) is 15.5 Å². The van der Waals surface area contributed by atoms with Gasteiger partial charge in [0.2, 0.25) is 11.8 Å². The van der Waals surface area contributed by atoms with Crippen molar-refractivity contribution in [3.8, 4) is 0 Å². The van der Waals surface area contributed by atoms with Crippen LogP contribution in [-0.2, 0) is 32.2 Å². The first-order valence-corrected chi connectivity index (χ1v) is 16.8. The Morgan fingerprint density at radius 2 is 1.53 bits per heavy atom. The molecule has 2 aliphatic rings. The number of carbonyl (C=O) groups excluding carboxylic acids is 2. The van der Waals surface area contributed by atoms with Crippen molar-refractivity contribution in [2.45, 2.75) is 89.1 Å². The zero-order chi connectivity index (χ0) is 33.0. The number of β-amino-alcohol motifs (C(OH)–C–C–N with tert-alkyl or cyclic N) is 1. The lowest BCUT2D eigenvalue weighted by molar-refractivity contribution is -0.252. The zero-order valence-corrected chi connectivity index (χ0v) is 27.0. The van der Waals surface area contributed by atoms with Crippen LogP contribution >= 0.6 is 0 Å². The van der Waals surface area contributed by atoms with Crippen LogP contribution in [0.25, 0.3) is 0 Å². The summed E-state index contributed by atoms with van der Waals surface area (Å²) < 4.78 is 12.9. The number of anilines is 2. The SMILES string of the molecule is Nc1ccccc1NC(=O)CCCCCCC(=O)NCc1ccc([C@@H]2O[C@H](CN3CC[C@H](O)C3)C[C@H](c3ccc(CO)cc3)O2)cc1. The Labute approximate surface area is 277 Å². The minimum Gasteiger partial charge on any atom is -0.397 e. The van der Waals surface area contributed by atoms with Gasteiger partial charge in [0.05, 0.1) is 36.3 Å². The van der Waals surface area contributed by atoms with Crippen LogP contribution in [0, 0.1) is 0 Å². The molecule has 0 saturated carbocycles. The number of amides is 2. The van der Waals surface area contributed by atoms with Crippen LogP contribution in [0.2, 0.25) is 0 Å². The summed E-state index contributed by atoms with van der Waals surface area (Å²) >= 11 is 0. The number of carbonyl (C=O) groups is 2. The van der Waals surface area contributed by atoms with Gasteiger partial charge in [-0.25, -0.2) is 0 Å². The highest BCUT2D eigenvalue weighted by Crippen LogP contribution is 2.38. The first-order valence-electron chi connectivity index (χ1n) is 16.8. The van der Waals surface area contributed by atoms with Gasteiger partial charge in [-0.2, -0.15) is 0 Å². The van der Waals surface area contributed by atoms with Crippen molar-refractivity contribution in [2.75, 3.05) is 30.7 Å². The van der Waals surface area contributed by atoms with Crippen molar-refractivity contribution in [2.24, 2.45) is 0 Å². The molecule has 0 spiro atoms. The quantitative estimate of drug-likeness (QED) is 0.115. The number of ether oxygens (including phenoxy) is 2. The van der Waals surface area contributed by atoms with E-state index in [0.717, 1.165) is 67.4 Å². The fourth-order valence-electron chi connectivity index (χ4n) is 6.13. The number of aliphatic hydroxyl groups is 2. The second-order valence-corrected chi connectivity index (χ2v) is 12.6. The minimum absolute atomic E-state index is 0.00174. The van der Waals surface area contributed by atoms with Crippen molar-refractivity contribution < 1.29 is 29.3 Å². The summed E-state index contributed by atoms with van der Waals surface area (Å²) in [4.78, 5) is 26.9. The molecule has 2 heterocycles. The molecule has 10 heteroatoms. The molecule has 2 aliphatic heterocycles. The molecule has 0 aliphatic carbocycles. The van der Waals surface area contributed by atoms with E-state index in [1.165, 1.54) is 0 Å². The third-order valence-corrected chi connectivity index (χ3v) is 8.86. The lowest BCUT2D eigenvalue weighted by Crippen LogP contribution is -2.38. The number of hydrogen-bond donors (Lipinski definition) is 5. The summed E-state index contributed by atoms with van der Waals surface area (Å²) in [6, 6.07) is 23.0. The Kier molecular flexibility index (Phi) is 12.8. The molecule has 4 atom stereocenters. The molecule has 2 saturated heterocycles. The second kappa shape index (κ2) is 17.4. The van der Waals surface area contributed by atoms with Crippen molar-refractivity contribution >= 4 is 23.2 Å². The molecule has 2 amide bonds. The maximum atomic E-state index is 12.5. The number of nitrogen functional groups attached to an aromatic ring is 1. The van der Waals surface area contributed by atoms with Crippen LogP contribution in [0.5, 0.6) is 0 Å². The van der Waals surface area contributed by atoms with Gasteiger partial charge in [-0.15, -0.1) is 0 Å². The fourth-order valence-corrected chi connectivity index (χ4v) is 6.13. The zero-order valence-electron chi connectivity index (χ0n) is 27.0. The largest absolute Gasteiger partial charge is 0.397 e. The average Bonchev–Trinajstić information content (AvgIpc) is 3.50. The van der Waals surface area contributed by atoms with Crippen molar-refractivity contribution in [1.29, 1.82) is 0 Å². The Morgan fingerprint density at radius 3 is 2.21 bits per heavy atom. The number of benzene rings is 3. The van der Waals surface area contributed by atoms with Crippen LogP contribution in [0.3, 0.4) is 0 Å². The third-order valence-electron chi connectivity index (χ3n) is 8.86. The predicted molar refractivity (Wildman–Crippen MR) is 181 cm³/mol. The van der Waals surface area contributed by atoms with Gasteiger partial charge in [0.1, 0.15) is 0 Å². The van der Waals surface area contributed by atoms with E-state index in [-0.39, 0.29) is 36.7 Å². The Balaban J connectivity index is 1.04. The maximum Gasteiger partial charge on any atom is 0.224 e. The second-order valence-electron chi connectivity index (χ2n) is 12.6. The van der Waals surface area contributed by atoms with Gasteiger partial charge < -0.3 is 36.1 Å². The summed E-state index contributed by atoms with van der Waals surface area (Å²) in [7, 11) is 0. The van der Waals surface area contributed by atoms with Crippen LogP contribution < -0.4 is 16.4 Å². The topological polar surface area (TPSA) is 146 Å². The number of nitrogens with zero attached hydrogens (tertiary/aromatic N) is 1. The van der Waals surface area contributed by atoms with Gasteiger partial charge in [0.25, 0.3) is 0 Å². The van der Waals surface area contributed by atoms with E-state index in [1.807, 2.05) is 60.7 Å². The van der Waals surface area contributed by atoms with E-state index < -0.39 is 6.29 Å². The molecule has 3 aromatic carbocycles. The van der Waals surface area contributed by atoms with E-state index >= 15 is 0 Å². The molecule has 10 nitrogen and oxygen atoms in total. The standard InChI is InChI=1S/C37H48N4O6/c38-32-7-5-6-8-33(32)40-36(45)10-4-2-1-3-9-35(44)39-22-26-11-17-29(18-12-26)37-46-31(24-41-20-19-30(43)23-41)21-34(47-37)28-15-13-27(25-42)14-16-28/h5-8,11-18,30-31,34,37,42-43H,1-4,9-10,19-25,38H2,(H,39,44)(H,40,45)/t30-,31-,34+,37+/m0/s1. The summed E-state index contributed by atoms with van der Waals surface area (Å²) in [6.45, 7) is 2.68. The number of likely N-dealkylation sites (tertiary alicyclic amines) is 1. The number of hydrogen-bond acceptors (Lipinski definition) is 8. The molecule has 47 heavy (non-hydrogen) atoms. The van der Waals surface area contributed by atoms with Crippen LogP contribution in [-0.4, -0.2) is 58.8 Å². The lowest BCUT2D eigenvalue weighted by Gasteiger charge is -2.37. The highest BCUT2D eigenvalue weighted by atomic mass is 16.7. The van der Waals surface area contributed by atoms with Crippen LogP contribution in [0.1, 0.15) is 86.0 Å². The predicted octanol–water partition coefficient (Wildman–Crippen LogP) is 4.97. The van der Waals surface area contributed by atoms with Gasteiger partial charge >= 0.3 is 0 Å². The number of nitrogens with one attached hydrogen (secondary N) is 2. The molecular formula is C37H48N4O6. The highest BCUT2D eigenvalue weighted by molar-refractivity contribution is 5.93. The molecule has 252 valence electrons. The average molecular weight is 645 g/mol. The van der Waals surface area contributed by atoms with Gasteiger partial charge in [0, 0.05) is 51.0 Å². The molecule has 5 rings (SSSR count). The van der Waals surface area contributed by atoms with Gasteiger partial charge in [-0.3, -0.25) is 14.5 Å². The Hall–Kier alpha value is -3.80. The van der Waals surface area contributed by atoms with E-state index in [9.17, 15) is 19.8 Å². The molecule has 0 unspecified atom stereocenters. The van der Waals surface area contributed by atoms with Crippen LogP contribution in [0.15, 0.2) is 72.8 Å². The van der Waals surface area contributed by atoms with E-state index in [4.69, 9.17) is 15.2 Å². The molecule has 3 aromatic rings. The summed E-state index contributed by atoms with van der Waals surface area (Å²) in [6.07, 6.45) is 4.60. The Bertz CT molecular complexity index is 1430. The smallest absolute Gasteiger partial charge is 0.224 e. The van der Waals surface area contributed by atoms with Crippen LogP contribution in [0.4, 0.5) is 11.4 Å². The molecule has 0 bridgehead atoms. The van der Waals surface area contributed by atoms with Gasteiger partial charge in [-0.1, -0.05) is 73.5 Å². The van der Waals surface area contributed by atoms with Crippen molar-refractivity contribution in [3.05, 3.63) is 95.1 Å². The number of rotatable bonds is 15. The minimum atomic E-state index is -0.546. The number of nitrogens with two attached hydrogens (primary N) is 1. The van der Waals surface area contributed by atoms with E-state index in [1.54, 1.807) is 12.1 Å². The third kappa shape index (κ3) is 10.6. The number of aliphatic hydroxyl groups excluding tert-OH is 2.